The van der Waals surface area contributed by atoms with Gasteiger partial charge in [-0.1, -0.05) is 11.8 Å². The first-order valence-electron chi connectivity index (χ1n) is 6.11. The van der Waals surface area contributed by atoms with Gasteiger partial charge in [-0.15, -0.1) is 11.3 Å². The first-order chi connectivity index (χ1) is 9.28. The van der Waals surface area contributed by atoms with Gasteiger partial charge in [0, 0.05) is 41.3 Å². The molecular formula is C15H17N3S. The second-order valence-corrected chi connectivity index (χ2v) is 5.33. The van der Waals surface area contributed by atoms with Gasteiger partial charge in [0.05, 0.1) is 6.54 Å². The Morgan fingerprint density at radius 1 is 1.32 bits per heavy atom. The Kier molecular flexibility index (Phi) is 5.10. The highest BCUT2D eigenvalue weighted by molar-refractivity contribution is 7.10. The lowest BCUT2D eigenvalue weighted by atomic mass is 10.2. The first kappa shape index (κ1) is 13.8. The highest BCUT2D eigenvalue weighted by Gasteiger charge is 2.04. The minimum atomic E-state index is 0.410. The van der Waals surface area contributed by atoms with Crippen LogP contribution in [-0.4, -0.2) is 23.5 Å². The summed E-state index contributed by atoms with van der Waals surface area (Å²) in [5.41, 5.74) is 7.70. The minimum Gasteiger partial charge on any atom is -0.320 e. The predicted octanol–water partition coefficient (Wildman–Crippen LogP) is 2.09. The lowest BCUT2D eigenvalue weighted by molar-refractivity contribution is 0.322. The van der Waals surface area contributed by atoms with Crippen molar-refractivity contribution < 1.29 is 0 Å². The van der Waals surface area contributed by atoms with Crippen LogP contribution in [0.15, 0.2) is 36.0 Å². The highest BCUT2D eigenvalue weighted by Crippen LogP contribution is 2.16. The molecule has 19 heavy (non-hydrogen) atoms. The zero-order valence-electron chi connectivity index (χ0n) is 11.0. The number of nitrogens with zero attached hydrogens (tertiary/aromatic N) is 2. The molecule has 2 N–H and O–H groups in total. The van der Waals surface area contributed by atoms with E-state index < -0.39 is 0 Å². The number of thiophene rings is 1. The fourth-order valence-electron chi connectivity index (χ4n) is 1.80. The fourth-order valence-corrected chi connectivity index (χ4v) is 2.70. The molecule has 0 spiro atoms. The Morgan fingerprint density at radius 2 is 2.11 bits per heavy atom. The van der Waals surface area contributed by atoms with Gasteiger partial charge in [0.25, 0.3) is 0 Å². The lowest BCUT2D eigenvalue weighted by Crippen LogP contribution is -2.16. The van der Waals surface area contributed by atoms with Crippen LogP contribution in [0.5, 0.6) is 0 Å². The molecule has 2 aromatic rings. The van der Waals surface area contributed by atoms with Crippen LogP contribution in [0.25, 0.3) is 0 Å². The van der Waals surface area contributed by atoms with E-state index in [0.29, 0.717) is 6.54 Å². The van der Waals surface area contributed by atoms with Gasteiger partial charge in [-0.2, -0.15) is 0 Å². The average molecular weight is 271 g/mol. The summed E-state index contributed by atoms with van der Waals surface area (Å²) >= 11 is 1.74. The maximum absolute atomic E-state index is 5.37. The number of rotatable bonds is 4. The highest BCUT2D eigenvalue weighted by atomic mass is 32.1. The average Bonchev–Trinajstić information content (AvgIpc) is 2.85. The van der Waals surface area contributed by atoms with Crippen molar-refractivity contribution >= 4 is 11.3 Å². The monoisotopic (exact) mass is 271 g/mol. The number of hydrogen-bond acceptors (Lipinski definition) is 4. The Labute approximate surface area is 118 Å². The summed E-state index contributed by atoms with van der Waals surface area (Å²) in [6.45, 7) is 2.26. The summed E-state index contributed by atoms with van der Waals surface area (Å²) in [7, 11) is 2.12. The van der Waals surface area contributed by atoms with Crippen molar-refractivity contribution in [2.45, 2.75) is 13.1 Å². The maximum atomic E-state index is 5.37. The summed E-state index contributed by atoms with van der Waals surface area (Å²) in [6.07, 6.45) is 3.66. The summed E-state index contributed by atoms with van der Waals surface area (Å²) in [5.74, 6) is 5.93. The van der Waals surface area contributed by atoms with E-state index in [4.69, 9.17) is 5.73 Å². The smallest absolute Gasteiger partial charge is 0.0555 e. The summed E-state index contributed by atoms with van der Waals surface area (Å²) in [5, 5.41) is 2.08. The van der Waals surface area contributed by atoms with Crippen LogP contribution in [0, 0.1) is 11.8 Å². The summed E-state index contributed by atoms with van der Waals surface area (Å²) < 4.78 is 0. The zero-order chi connectivity index (χ0) is 13.5. The molecule has 2 rings (SSSR count). The number of pyridine rings is 1. The van der Waals surface area contributed by atoms with Crippen molar-refractivity contribution in [1.82, 2.24) is 9.88 Å². The molecule has 3 nitrogen and oxygen atoms in total. The SMILES string of the molecule is CN(Cc1ccncc1)Cc1cc(C#CCN)cs1. The van der Waals surface area contributed by atoms with Gasteiger partial charge in [0.1, 0.15) is 0 Å². The molecule has 0 aliphatic carbocycles. The first-order valence-corrected chi connectivity index (χ1v) is 6.99. The maximum Gasteiger partial charge on any atom is 0.0555 e. The Hall–Kier alpha value is -1.67. The molecule has 2 aromatic heterocycles. The van der Waals surface area contributed by atoms with Crippen molar-refractivity contribution in [1.29, 1.82) is 0 Å². The topological polar surface area (TPSA) is 42.2 Å². The molecule has 0 aliphatic heterocycles. The van der Waals surface area contributed by atoms with E-state index >= 15 is 0 Å². The van der Waals surface area contributed by atoms with Crippen molar-refractivity contribution in [3.63, 3.8) is 0 Å². The molecule has 2 heterocycles. The van der Waals surface area contributed by atoms with E-state index in [1.807, 2.05) is 24.5 Å². The molecule has 0 atom stereocenters. The van der Waals surface area contributed by atoms with E-state index in [9.17, 15) is 0 Å². The lowest BCUT2D eigenvalue weighted by Gasteiger charge is -2.15. The third-order valence-corrected chi connectivity index (χ3v) is 3.54. The van der Waals surface area contributed by atoms with Crippen LogP contribution in [0.2, 0.25) is 0 Å². The zero-order valence-corrected chi connectivity index (χ0v) is 11.8. The van der Waals surface area contributed by atoms with Gasteiger partial charge >= 0.3 is 0 Å². The third kappa shape index (κ3) is 4.49. The molecule has 0 radical (unpaired) electrons. The van der Waals surface area contributed by atoms with E-state index in [2.05, 4.69) is 40.2 Å². The quantitative estimate of drug-likeness (QED) is 0.866. The van der Waals surface area contributed by atoms with Crippen LogP contribution < -0.4 is 5.73 Å². The molecule has 0 aliphatic rings. The van der Waals surface area contributed by atoms with Crippen molar-refractivity contribution in [2.75, 3.05) is 13.6 Å². The van der Waals surface area contributed by atoms with Gasteiger partial charge in [0.2, 0.25) is 0 Å². The van der Waals surface area contributed by atoms with Crippen molar-refractivity contribution in [3.05, 3.63) is 52.0 Å². The van der Waals surface area contributed by atoms with Crippen LogP contribution in [0.3, 0.4) is 0 Å². The van der Waals surface area contributed by atoms with Gasteiger partial charge in [-0.25, -0.2) is 0 Å². The molecule has 0 amide bonds. The molecule has 0 saturated carbocycles. The molecular weight excluding hydrogens is 254 g/mol. The standard InChI is InChI=1S/C15H17N3S/c1-18(10-13-4-7-17-8-5-13)11-15-9-14(12-19-15)3-2-6-16/h4-5,7-9,12H,6,10-11,16H2,1H3. The molecule has 98 valence electrons. The van der Waals surface area contributed by atoms with Crippen LogP contribution in [-0.2, 0) is 13.1 Å². The molecule has 0 saturated heterocycles. The Morgan fingerprint density at radius 3 is 2.84 bits per heavy atom. The van der Waals surface area contributed by atoms with E-state index in [1.165, 1.54) is 10.4 Å². The van der Waals surface area contributed by atoms with E-state index in [1.54, 1.807) is 11.3 Å². The summed E-state index contributed by atoms with van der Waals surface area (Å²) in [4.78, 5) is 7.62. The third-order valence-electron chi connectivity index (χ3n) is 2.62. The molecule has 0 unspecified atom stereocenters. The number of hydrogen-bond donors (Lipinski definition) is 1. The normalized spacial score (nSPS) is 10.3. The minimum absolute atomic E-state index is 0.410. The summed E-state index contributed by atoms with van der Waals surface area (Å²) in [6, 6.07) is 6.22. The largest absolute Gasteiger partial charge is 0.320 e. The Bertz CT molecular complexity index is 566. The van der Waals surface area contributed by atoms with Crippen LogP contribution in [0.4, 0.5) is 0 Å². The number of nitrogens with two attached hydrogens (primary N) is 1. The second-order valence-electron chi connectivity index (χ2n) is 4.34. The molecule has 0 bridgehead atoms. The van der Waals surface area contributed by atoms with Gasteiger partial charge in [0.15, 0.2) is 0 Å². The van der Waals surface area contributed by atoms with Crippen LogP contribution in [0.1, 0.15) is 16.0 Å². The predicted molar refractivity (Wildman–Crippen MR) is 79.7 cm³/mol. The van der Waals surface area contributed by atoms with Crippen LogP contribution >= 0.6 is 11.3 Å². The van der Waals surface area contributed by atoms with E-state index in [0.717, 1.165) is 18.7 Å². The molecule has 0 fully saturated rings. The van der Waals surface area contributed by atoms with Gasteiger partial charge < -0.3 is 5.73 Å². The van der Waals surface area contributed by atoms with E-state index in [-0.39, 0.29) is 0 Å². The van der Waals surface area contributed by atoms with Crippen molar-refractivity contribution in [3.8, 4) is 11.8 Å². The molecule has 4 heteroatoms. The second kappa shape index (κ2) is 7.05. The van der Waals surface area contributed by atoms with Crippen molar-refractivity contribution in [2.24, 2.45) is 5.73 Å². The molecule has 0 aromatic carbocycles. The Balaban J connectivity index is 1.92. The fraction of sp³-hybridized carbons (Fsp3) is 0.267. The van der Waals surface area contributed by atoms with Gasteiger partial charge in [-0.3, -0.25) is 9.88 Å². The number of aromatic nitrogens is 1. The van der Waals surface area contributed by atoms with Gasteiger partial charge in [-0.05, 0) is 30.8 Å².